The Morgan fingerprint density at radius 3 is 2.75 bits per heavy atom. The Morgan fingerprint density at radius 2 is 2.19 bits per heavy atom. The lowest BCUT2D eigenvalue weighted by atomic mass is 10.1. The van der Waals surface area contributed by atoms with E-state index in [1.807, 2.05) is 6.07 Å². The zero-order valence-corrected chi connectivity index (χ0v) is 9.31. The van der Waals surface area contributed by atoms with Crippen molar-refractivity contribution in [2.24, 2.45) is 15.0 Å². The molecule has 0 unspecified atom stereocenters. The van der Waals surface area contributed by atoms with E-state index in [1.165, 1.54) is 0 Å². The molecule has 16 heavy (non-hydrogen) atoms. The minimum atomic E-state index is 0.472. The number of nitrogens with zero attached hydrogens (tertiary/aromatic N) is 4. The third-order valence-electron chi connectivity index (χ3n) is 1.99. The molecule has 0 heterocycles. The number of amidine groups is 2. The van der Waals surface area contributed by atoms with Gasteiger partial charge in [0.15, 0.2) is 5.84 Å². The molecule has 0 saturated carbocycles. The summed E-state index contributed by atoms with van der Waals surface area (Å²) in [6, 6.07) is 9.13. The van der Waals surface area contributed by atoms with Crippen LogP contribution in [-0.4, -0.2) is 25.4 Å². The zero-order valence-electron chi connectivity index (χ0n) is 9.31. The quantitative estimate of drug-likeness (QED) is 0.519. The second-order valence-corrected chi connectivity index (χ2v) is 3.06. The molecular weight excluding hydrogens is 200 g/mol. The van der Waals surface area contributed by atoms with Crippen molar-refractivity contribution in [2.75, 3.05) is 7.05 Å². The van der Waals surface area contributed by atoms with Crippen LogP contribution in [0.15, 0.2) is 39.2 Å². The Labute approximate surface area is 94.7 Å². The maximum atomic E-state index is 8.78. The largest absolute Gasteiger partial charge is 0.274 e. The van der Waals surface area contributed by atoms with E-state index >= 15 is 0 Å². The Balaban J connectivity index is 3.20. The van der Waals surface area contributed by atoms with Gasteiger partial charge >= 0.3 is 0 Å². The van der Waals surface area contributed by atoms with Gasteiger partial charge in [-0.3, -0.25) is 4.99 Å². The van der Waals surface area contributed by atoms with Crippen LogP contribution in [0.3, 0.4) is 0 Å². The normalized spacial score (nSPS) is 12.1. The smallest absolute Gasteiger partial charge is 0.160 e. The van der Waals surface area contributed by atoms with Crippen molar-refractivity contribution in [3.63, 3.8) is 0 Å². The molecule has 0 N–H and O–H groups in total. The van der Waals surface area contributed by atoms with Crippen LogP contribution in [0.1, 0.15) is 18.1 Å². The van der Waals surface area contributed by atoms with E-state index in [2.05, 4.69) is 27.8 Å². The fraction of sp³-hybridized carbons (Fsp3) is 0.167. The van der Waals surface area contributed by atoms with Crippen LogP contribution in [0.25, 0.3) is 0 Å². The molecule has 0 fully saturated rings. The van der Waals surface area contributed by atoms with Crippen LogP contribution in [0.4, 0.5) is 0 Å². The summed E-state index contributed by atoms with van der Waals surface area (Å²) in [6.07, 6.45) is 0. The topological polar surface area (TPSA) is 60.9 Å². The first-order valence-electron chi connectivity index (χ1n) is 4.70. The summed E-state index contributed by atoms with van der Waals surface area (Å²) in [6.45, 7) is 5.24. The molecule has 0 spiro atoms. The lowest BCUT2D eigenvalue weighted by Crippen LogP contribution is -2.00. The zero-order chi connectivity index (χ0) is 12.0. The third kappa shape index (κ3) is 2.85. The van der Waals surface area contributed by atoms with Crippen LogP contribution >= 0.6 is 0 Å². The highest BCUT2D eigenvalue weighted by atomic mass is 15.0. The molecule has 0 aliphatic rings. The molecule has 0 aliphatic heterocycles. The number of aliphatic imine (C=N–C) groups is 3. The fourth-order valence-electron chi connectivity index (χ4n) is 1.12. The number of benzene rings is 1. The highest BCUT2D eigenvalue weighted by Crippen LogP contribution is 2.06. The SMILES string of the molecule is C=NC(=NC(C)=NC)c1cccc(C#N)c1. The lowest BCUT2D eigenvalue weighted by Gasteiger charge is -2.00. The minimum Gasteiger partial charge on any atom is -0.274 e. The van der Waals surface area contributed by atoms with Crippen molar-refractivity contribution >= 4 is 18.4 Å². The minimum absolute atomic E-state index is 0.472. The Kier molecular flexibility index (Phi) is 4.10. The Hall–Kier alpha value is -2.28. The van der Waals surface area contributed by atoms with Crippen LogP contribution < -0.4 is 0 Å². The van der Waals surface area contributed by atoms with E-state index in [0.717, 1.165) is 5.56 Å². The summed E-state index contributed by atoms with van der Waals surface area (Å²) in [4.78, 5) is 11.9. The van der Waals surface area contributed by atoms with Crippen molar-refractivity contribution in [3.8, 4) is 6.07 Å². The summed E-state index contributed by atoms with van der Waals surface area (Å²) in [7, 11) is 1.66. The van der Waals surface area contributed by atoms with Crippen molar-refractivity contribution in [3.05, 3.63) is 35.4 Å². The molecule has 1 aromatic carbocycles. The lowest BCUT2D eigenvalue weighted by molar-refractivity contribution is 1.37. The Morgan fingerprint density at radius 1 is 1.44 bits per heavy atom. The second-order valence-electron chi connectivity index (χ2n) is 3.06. The van der Waals surface area contributed by atoms with Gasteiger partial charge in [0.2, 0.25) is 0 Å². The van der Waals surface area contributed by atoms with E-state index in [4.69, 9.17) is 5.26 Å². The van der Waals surface area contributed by atoms with Crippen LogP contribution in [-0.2, 0) is 0 Å². The number of rotatable bonds is 1. The number of nitriles is 1. The van der Waals surface area contributed by atoms with Gasteiger partial charge in [-0.05, 0) is 25.8 Å². The third-order valence-corrected chi connectivity index (χ3v) is 1.99. The van der Waals surface area contributed by atoms with Crippen molar-refractivity contribution in [1.82, 2.24) is 0 Å². The van der Waals surface area contributed by atoms with E-state index in [-0.39, 0.29) is 0 Å². The van der Waals surface area contributed by atoms with E-state index in [9.17, 15) is 0 Å². The van der Waals surface area contributed by atoms with Crippen molar-refractivity contribution in [1.29, 1.82) is 5.26 Å². The number of hydrogen-bond acceptors (Lipinski definition) is 2. The van der Waals surface area contributed by atoms with Gasteiger partial charge in [0.25, 0.3) is 0 Å². The number of hydrogen-bond donors (Lipinski definition) is 0. The molecule has 0 aromatic heterocycles. The van der Waals surface area contributed by atoms with Gasteiger partial charge in [-0.1, -0.05) is 12.1 Å². The maximum Gasteiger partial charge on any atom is 0.160 e. The van der Waals surface area contributed by atoms with Crippen LogP contribution in [0, 0.1) is 11.3 Å². The highest BCUT2D eigenvalue weighted by molar-refractivity contribution is 6.07. The van der Waals surface area contributed by atoms with Crippen LogP contribution in [0.5, 0.6) is 0 Å². The average molecular weight is 212 g/mol. The van der Waals surface area contributed by atoms with Crippen molar-refractivity contribution in [2.45, 2.75) is 6.92 Å². The van der Waals surface area contributed by atoms with Gasteiger partial charge in [0, 0.05) is 12.6 Å². The molecule has 0 bridgehead atoms. The summed E-state index contributed by atoms with van der Waals surface area (Å²) < 4.78 is 0. The van der Waals surface area contributed by atoms with Gasteiger partial charge in [-0.2, -0.15) is 5.26 Å². The summed E-state index contributed by atoms with van der Waals surface area (Å²) in [5.41, 5.74) is 1.33. The van der Waals surface area contributed by atoms with E-state index in [1.54, 1.807) is 32.2 Å². The van der Waals surface area contributed by atoms with Gasteiger partial charge in [0.1, 0.15) is 5.84 Å². The molecule has 0 aliphatic carbocycles. The predicted molar refractivity (Wildman–Crippen MR) is 66.3 cm³/mol. The predicted octanol–water partition coefficient (Wildman–Crippen LogP) is 2.05. The van der Waals surface area contributed by atoms with Gasteiger partial charge < -0.3 is 0 Å². The average Bonchev–Trinajstić information content (AvgIpc) is 2.35. The summed E-state index contributed by atoms with van der Waals surface area (Å²) in [5.74, 6) is 1.09. The second kappa shape index (κ2) is 5.56. The Bertz CT molecular complexity index is 492. The molecule has 4 heteroatoms. The van der Waals surface area contributed by atoms with Crippen LogP contribution in [0.2, 0.25) is 0 Å². The first-order chi connectivity index (χ1) is 7.71. The van der Waals surface area contributed by atoms with Crippen molar-refractivity contribution < 1.29 is 0 Å². The standard InChI is InChI=1S/C12H12N4/c1-9(14-2)16-12(15-3)11-6-4-5-10(7-11)8-13/h4-7H,3H2,1-2H3. The first kappa shape index (κ1) is 11.8. The molecule has 0 amide bonds. The maximum absolute atomic E-state index is 8.78. The van der Waals surface area contributed by atoms with Gasteiger partial charge in [-0.25, -0.2) is 9.98 Å². The molecule has 80 valence electrons. The monoisotopic (exact) mass is 212 g/mol. The molecule has 0 saturated heterocycles. The van der Waals surface area contributed by atoms with E-state index in [0.29, 0.717) is 17.2 Å². The molecule has 4 nitrogen and oxygen atoms in total. The molecule has 0 atom stereocenters. The molecular formula is C12H12N4. The summed E-state index contributed by atoms with van der Waals surface area (Å²) >= 11 is 0. The van der Waals surface area contributed by atoms with Gasteiger partial charge in [-0.15, -0.1) is 0 Å². The molecule has 0 radical (unpaired) electrons. The summed E-state index contributed by atoms with van der Waals surface area (Å²) in [5, 5.41) is 8.78. The molecule has 1 rings (SSSR count). The van der Waals surface area contributed by atoms with E-state index < -0.39 is 0 Å². The molecule has 1 aromatic rings. The van der Waals surface area contributed by atoms with Gasteiger partial charge in [0.05, 0.1) is 11.6 Å². The fourth-order valence-corrected chi connectivity index (χ4v) is 1.12. The first-order valence-corrected chi connectivity index (χ1v) is 4.70. The highest BCUT2D eigenvalue weighted by Gasteiger charge is 2.02.